The van der Waals surface area contributed by atoms with Crippen molar-refractivity contribution in [2.75, 3.05) is 18.8 Å². The van der Waals surface area contributed by atoms with E-state index in [1.165, 1.54) is 4.90 Å². The molecule has 1 unspecified atom stereocenters. The normalized spacial score (nSPS) is 21.3. The highest BCUT2D eigenvalue weighted by Crippen LogP contribution is 2.33. The molecule has 0 radical (unpaired) electrons. The van der Waals surface area contributed by atoms with E-state index < -0.39 is 11.9 Å². The Balaban J connectivity index is 1.31. The largest absolute Gasteiger partial charge is 0.393 e. The standard InChI is InChI=1S/C25H27N7O4/c26-23-22-21(29-30-23)15(11-31-7-5-16(33)6-8-31)10-18(27-22)13-1-2-17-14(9-13)12-32(25(17)36)19-3-4-20(34)28-24(19)35/h1-2,9-10,16,19,33H,3-8,11-12H2,(H3,26,29,30)(H,28,34,35). The van der Waals surface area contributed by atoms with Crippen LogP contribution in [0.5, 0.6) is 0 Å². The van der Waals surface area contributed by atoms with E-state index in [9.17, 15) is 19.5 Å². The van der Waals surface area contributed by atoms with Gasteiger partial charge in [-0.15, -0.1) is 0 Å². The fourth-order valence-corrected chi connectivity index (χ4v) is 5.40. The fraction of sp³-hybridized carbons (Fsp3) is 0.400. The van der Waals surface area contributed by atoms with E-state index in [0.29, 0.717) is 36.4 Å². The molecule has 2 fully saturated rings. The molecule has 0 bridgehead atoms. The number of nitrogens with one attached hydrogen (secondary N) is 2. The molecule has 0 saturated carbocycles. The van der Waals surface area contributed by atoms with Gasteiger partial charge in [0.1, 0.15) is 11.6 Å². The molecule has 3 amide bonds. The third-order valence-corrected chi connectivity index (χ3v) is 7.40. The number of H-pyrrole nitrogens is 1. The smallest absolute Gasteiger partial charge is 0.255 e. The minimum absolute atomic E-state index is 0.207. The molecule has 0 spiro atoms. The van der Waals surface area contributed by atoms with E-state index >= 15 is 0 Å². The molecule has 11 nitrogen and oxygen atoms in total. The minimum Gasteiger partial charge on any atom is -0.393 e. The average molecular weight is 490 g/mol. The fourth-order valence-electron chi connectivity index (χ4n) is 5.40. The number of piperidine rings is 2. The number of carbonyl (C=O) groups excluding carboxylic acids is 3. The van der Waals surface area contributed by atoms with Gasteiger partial charge in [-0.1, -0.05) is 6.07 Å². The highest BCUT2D eigenvalue weighted by Gasteiger charge is 2.39. The first-order valence-electron chi connectivity index (χ1n) is 12.2. The number of rotatable bonds is 4. The second-order valence-corrected chi connectivity index (χ2v) is 9.78. The first-order chi connectivity index (χ1) is 17.4. The van der Waals surface area contributed by atoms with E-state index in [4.69, 9.17) is 10.7 Å². The highest BCUT2D eigenvalue weighted by atomic mass is 16.3. The van der Waals surface area contributed by atoms with E-state index in [1.54, 1.807) is 6.07 Å². The van der Waals surface area contributed by atoms with Crippen molar-refractivity contribution >= 4 is 34.6 Å². The lowest BCUT2D eigenvalue weighted by Crippen LogP contribution is -2.52. The lowest BCUT2D eigenvalue weighted by molar-refractivity contribution is -0.136. The molecule has 186 valence electrons. The molecule has 36 heavy (non-hydrogen) atoms. The number of carbonyl (C=O) groups is 3. The first-order valence-corrected chi connectivity index (χ1v) is 12.2. The number of imide groups is 1. The molecule has 3 aliphatic heterocycles. The Hall–Kier alpha value is -3.83. The van der Waals surface area contributed by atoms with Crippen LogP contribution >= 0.6 is 0 Å². The summed E-state index contributed by atoms with van der Waals surface area (Å²) in [7, 11) is 0. The van der Waals surface area contributed by atoms with Gasteiger partial charge in [-0.2, -0.15) is 5.10 Å². The molecular weight excluding hydrogens is 462 g/mol. The monoisotopic (exact) mass is 489 g/mol. The number of nitrogens with zero attached hydrogens (tertiary/aromatic N) is 4. The van der Waals surface area contributed by atoms with Crippen LogP contribution in [0.2, 0.25) is 0 Å². The zero-order valence-corrected chi connectivity index (χ0v) is 19.7. The predicted molar refractivity (Wildman–Crippen MR) is 130 cm³/mol. The molecule has 5 heterocycles. The number of aromatic nitrogens is 3. The van der Waals surface area contributed by atoms with Gasteiger partial charge in [0.15, 0.2) is 5.82 Å². The Bertz CT molecular complexity index is 1390. The second-order valence-electron chi connectivity index (χ2n) is 9.78. The first kappa shape index (κ1) is 22.6. The number of pyridine rings is 1. The molecular formula is C25H27N7O4. The van der Waals surface area contributed by atoms with Crippen molar-refractivity contribution < 1.29 is 19.5 Å². The van der Waals surface area contributed by atoms with E-state index in [-0.39, 0.29) is 24.3 Å². The van der Waals surface area contributed by atoms with Gasteiger partial charge in [0.2, 0.25) is 11.8 Å². The van der Waals surface area contributed by atoms with Crippen molar-refractivity contribution in [1.29, 1.82) is 0 Å². The summed E-state index contributed by atoms with van der Waals surface area (Å²) in [5, 5.41) is 19.3. The number of benzene rings is 1. The number of aliphatic hydroxyl groups is 1. The molecule has 11 heteroatoms. The summed E-state index contributed by atoms with van der Waals surface area (Å²) >= 11 is 0. The van der Waals surface area contributed by atoms with Crippen molar-refractivity contribution in [2.24, 2.45) is 0 Å². The van der Waals surface area contributed by atoms with Crippen LogP contribution in [0, 0.1) is 0 Å². The van der Waals surface area contributed by atoms with Gasteiger partial charge in [-0.3, -0.25) is 29.7 Å². The van der Waals surface area contributed by atoms with Crippen LogP contribution in [0.25, 0.3) is 22.3 Å². The minimum atomic E-state index is -0.652. The van der Waals surface area contributed by atoms with Crippen LogP contribution in [0.3, 0.4) is 0 Å². The number of amides is 3. The number of hydrogen-bond donors (Lipinski definition) is 4. The molecule has 2 saturated heterocycles. The van der Waals surface area contributed by atoms with Crippen LogP contribution in [0.4, 0.5) is 5.82 Å². The number of hydrogen-bond acceptors (Lipinski definition) is 8. The van der Waals surface area contributed by atoms with Crippen molar-refractivity contribution in [3.05, 3.63) is 41.0 Å². The number of nitrogen functional groups attached to an aromatic ring is 1. The number of aliphatic hydroxyl groups excluding tert-OH is 1. The third-order valence-electron chi connectivity index (χ3n) is 7.40. The Morgan fingerprint density at radius 3 is 2.69 bits per heavy atom. The van der Waals surface area contributed by atoms with E-state index in [1.807, 2.05) is 18.2 Å². The maximum Gasteiger partial charge on any atom is 0.255 e. The van der Waals surface area contributed by atoms with Gasteiger partial charge in [0.25, 0.3) is 5.91 Å². The molecule has 5 N–H and O–H groups in total. The van der Waals surface area contributed by atoms with Crippen LogP contribution in [-0.2, 0) is 22.7 Å². The van der Waals surface area contributed by atoms with Crippen LogP contribution < -0.4 is 11.1 Å². The van der Waals surface area contributed by atoms with Gasteiger partial charge in [-0.05, 0) is 48.6 Å². The molecule has 0 aliphatic carbocycles. The van der Waals surface area contributed by atoms with Gasteiger partial charge in [0, 0.05) is 43.7 Å². The second kappa shape index (κ2) is 8.68. The third kappa shape index (κ3) is 3.90. The van der Waals surface area contributed by atoms with Crippen molar-refractivity contribution in [3.63, 3.8) is 0 Å². The van der Waals surface area contributed by atoms with E-state index in [0.717, 1.165) is 53.8 Å². The average Bonchev–Trinajstić information content (AvgIpc) is 3.40. The summed E-state index contributed by atoms with van der Waals surface area (Å²) in [6.45, 7) is 2.59. The number of fused-ring (bicyclic) bond motifs is 2. The summed E-state index contributed by atoms with van der Waals surface area (Å²) in [5.41, 5.74) is 11.4. The summed E-state index contributed by atoms with van der Waals surface area (Å²) in [6, 6.07) is 6.93. The predicted octanol–water partition coefficient (Wildman–Crippen LogP) is 0.925. The van der Waals surface area contributed by atoms with Gasteiger partial charge in [-0.25, -0.2) is 4.98 Å². The lowest BCUT2D eigenvalue weighted by Gasteiger charge is -2.29. The molecule has 2 aromatic heterocycles. The lowest BCUT2D eigenvalue weighted by atomic mass is 10.0. The Kier molecular flexibility index (Phi) is 5.45. The number of nitrogens with two attached hydrogens (primary N) is 1. The van der Waals surface area contributed by atoms with Gasteiger partial charge < -0.3 is 15.7 Å². The number of anilines is 1. The molecule has 3 aromatic rings. The van der Waals surface area contributed by atoms with Crippen LogP contribution in [0.15, 0.2) is 24.3 Å². The highest BCUT2D eigenvalue weighted by molar-refractivity contribution is 6.05. The molecule has 1 atom stereocenters. The van der Waals surface area contributed by atoms with Crippen molar-refractivity contribution in [1.82, 2.24) is 30.3 Å². The molecule has 6 rings (SSSR count). The quantitative estimate of drug-likeness (QED) is 0.394. The zero-order valence-electron chi connectivity index (χ0n) is 19.7. The summed E-state index contributed by atoms with van der Waals surface area (Å²) in [6.07, 6.45) is 1.79. The summed E-state index contributed by atoms with van der Waals surface area (Å²) in [5.74, 6) is -0.617. The SMILES string of the molecule is Nc1n[nH]c2c(CN3CCC(O)CC3)cc(-c3ccc4c(c3)CN(C3CCC(=O)NC3=O)C4=O)nc12. The molecule has 3 aliphatic rings. The van der Waals surface area contributed by atoms with Crippen molar-refractivity contribution in [3.8, 4) is 11.3 Å². The Labute approximate surface area is 206 Å². The van der Waals surface area contributed by atoms with E-state index in [2.05, 4.69) is 20.4 Å². The van der Waals surface area contributed by atoms with Gasteiger partial charge >= 0.3 is 0 Å². The van der Waals surface area contributed by atoms with Crippen LogP contribution in [-0.4, -0.2) is 73.0 Å². The number of likely N-dealkylation sites (tertiary alicyclic amines) is 1. The summed E-state index contributed by atoms with van der Waals surface area (Å²) in [4.78, 5) is 45.5. The Morgan fingerprint density at radius 2 is 1.92 bits per heavy atom. The summed E-state index contributed by atoms with van der Waals surface area (Å²) < 4.78 is 0. The van der Waals surface area contributed by atoms with Crippen LogP contribution in [0.1, 0.15) is 47.2 Å². The maximum atomic E-state index is 13.0. The topological polar surface area (TPSA) is 158 Å². The zero-order chi connectivity index (χ0) is 25.0. The molecule has 1 aromatic carbocycles. The Morgan fingerprint density at radius 1 is 1.11 bits per heavy atom. The maximum absolute atomic E-state index is 13.0. The van der Waals surface area contributed by atoms with Crippen molar-refractivity contribution in [2.45, 2.75) is 50.9 Å². The van der Waals surface area contributed by atoms with Gasteiger partial charge in [0.05, 0.1) is 17.3 Å². The number of aromatic amines is 1.